The molecule has 2 aromatic rings. The first-order valence-corrected chi connectivity index (χ1v) is 6.81. The Bertz CT molecular complexity index is 601. The minimum Gasteiger partial charge on any atom is -0.304 e. The molecule has 0 bridgehead atoms. The van der Waals surface area contributed by atoms with Crippen LogP contribution < -0.4 is 5.32 Å². The van der Waals surface area contributed by atoms with E-state index in [1.165, 1.54) is 12.1 Å². The normalized spacial score (nSPS) is 14.1. The van der Waals surface area contributed by atoms with Gasteiger partial charge in [0.2, 0.25) is 0 Å². The SMILES string of the molecule is CC(N[C@H](C)c1cccc(Cl)c1)c1ccc(F)cc1F. The van der Waals surface area contributed by atoms with Crippen molar-refractivity contribution in [3.8, 4) is 0 Å². The lowest BCUT2D eigenvalue weighted by molar-refractivity contribution is 0.470. The van der Waals surface area contributed by atoms with Crippen LogP contribution in [0.1, 0.15) is 37.1 Å². The van der Waals surface area contributed by atoms with Crippen molar-refractivity contribution >= 4 is 11.6 Å². The van der Waals surface area contributed by atoms with Crippen LogP contribution in [0.5, 0.6) is 0 Å². The van der Waals surface area contributed by atoms with E-state index in [2.05, 4.69) is 5.32 Å². The number of halogens is 3. The quantitative estimate of drug-likeness (QED) is 0.834. The van der Waals surface area contributed by atoms with Crippen LogP contribution in [0.15, 0.2) is 42.5 Å². The number of hydrogen-bond acceptors (Lipinski definition) is 1. The van der Waals surface area contributed by atoms with E-state index in [1.54, 1.807) is 6.07 Å². The van der Waals surface area contributed by atoms with Crippen molar-refractivity contribution in [3.05, 3.63) is 70.2 Å². The van der Waals surface area contributed by atoms with Gasteiger partial charge in [0.05, 0.1) is 0 Å². The van der Waals surface area contributed by atoms with Crippen molar-refractivity contribution in [3.63, 3.8) is 0 Å². The second-order valence-electron chi connectivity index (χ2n) is 4.83. The van der Waals surface area contributed by atoms with Gasteiger partial charge in [-0.25, -0.2) is 8.78 Å². The molecule has 0 amide bonds. The Morgan fingerprint density at radius 1 is 1.00 bits per heavy atom. The van der Waals surface area contributed by atoms with E-state index in [9.17, 15) is 8.78 Å². The van der Waals surface area contributed by atoms with E-state index in [-0.39, 0.29) is 12.1 Å². The molecule has 0 aromatic heterocycles. The Kier molecular flexibility index (Phi) is 4.73. The summed E-state index contributed by atoms with van der Waals surface area (Å²) in [6.45, 7) is 3.82. The third-order valence-corrected chi connectivity index (χ3v) is 3.51. The first-order valence-electron chi connectivity index (χ1n) is 6.44. The van der Waals surface area contributed by atoms with E-state index >= 15 is 0 Å². The van der Waals surface area contributed by atoms with Gasteiger partial charge < -0.3 is 5.32 Å². The van der Waals surface area contributed by atoms with Gasteiger partial charge in [-0.05, 0) is 37.6 Å². The highest BCUT2D eigenvalue weighted by atomic mass is 35.5. The average Bonchev–Trinajstić information content (AvgIpc) is 2.38. The molecule has 0 aliphatic rings. The zero-order chi connectivity index (χ0) is 14.7. The van der Waals surface area contributed by atoms with Crippen LogP contribution in [-0.4, -0.2) is 0 Å². The third kappa shape index (κ3) is 3.56. The molecule has 4 heteroatoms. The van der Waals surface area contributed by atoms with E-state index in [4.69, 9.17) is 11.6 Å². The van der Waals surface area contributed by atoms with Gasteiger partial charge in [-0.15, -0.1) is 0 Å². The summed E-state index contributed by atoms with van der Waals surface area (Å²) in [5.41, 5.74) is 1.46. The standard InChI is InChI=1S/C16H16ClF2N/c1-10(12-4-3-5-13(17)8-12)20-11(2)15-7-6-14(18)9-16(15)19/h3-11,20H,1-2H3/t10-,11?/m1/s1. The van der Waals surface area contributed by atoms with Crippen LogP contribution in [0.2, 0.25) is 5.02 Å². The lowest BCUT2D eigenvalue weighted by atomic mass is 10.0. The molecule has 0 heterocycles. The predicted octanol–water partition coefficient (Wildman–Crippen LogP) is 5.03. The van der Waals surface area contributed by atoms with Crippen LogP contribution in [-0.2, 0) is 0 Å². The molecular formula is C16H16ClF2N. The largest absolute Gasteiger partial charge is 0.304 e. The second kappa shape index (κ2) is 6.33. The third-order valence-electron chi connectivity index (χ3n) is 3.28. The topological polar surface area (TPSA) is 12.0 Å². The highest BCUT2D eigenvalue weighted by molar-refractivity contribution is 6.30. The maximum Gasteiger partial charge on any atom is 0.130 e. The van der Waals surface area contributed by atoms with Gasteiger partial charge >= 0.3 is 0 Å². The minimum atomic E-state index is -0.568. The van der Waals surface area contributed by atoms with Gasteiger partial charge in [-0.1, -0.05) is 29.8 Å². The van der Waals surface area contributed by atoms with Crippen LogP contribution in [0.3, 0.4) is 0 Å². The summed E-state index contributed by atoms with van der Waals surface area (Å²) in [6, 6.07) is 10.9. The monoisotopic (exact) mass is 295 g/mol. The first-order chi connectivity index (χ1) is 9.47. The molecule has 2 aromatic carbocycles. The Balaban J connectivity index is 2.12. The van der Waals surface area contributed by atoms with Crippen molar-refractivity contribution in [1.29, 1.82) is 0 Å². The lowest BCUT2D eigenvalue weighted by Gasteiger charge is -2.21. The zero-order valence-electron chi connectivity index (χ0n) is 11.3. The molecule has 20 heavy (non-hydrogen) atoms. The molecular weight excluding hydrogens is 280 g/mol. The fourth-order valence-corrected chi connectivity index (χ4v) is 2.39. The number of rotatable bonds is 4. The van der Waals surface area contributed by atoms with Crippen LogP contribution in [0, 0.1) is 11.6 Å². The van der Waals surface area contributed by atoms with Crippen molar-refractivity contribution in [1.82, 2.24) is 5.32 Å². The fourth-order valence-electron chi connectivity index (χ4n) is 2.19. The summed E-state index contributed by atoms with van der Waals surface area (Å²) in [6.07, 6.45) is 0. The summed E-state index contributed by atoms with van der Waals surface area (Å²) < 4.78 is 26.6. The highest BCUT2D eigenvalue weighted by Gasteiger charge is 2.15. The van der Waals surface area contributed by atoms with Crippen LogP contribution >= 0.6 is 11.6 Å². The zero-order valence-corrected chi connectivity index (χ0v) is 12.1. The molecule has 0 aliphatic heterocycles. The van der Waals surface area contributed by atoms with Gasteiger partial charge in [0.1, 0.15) is 11.6 Å². The summed E-state index contributed by atoms with van der Waals surface area (Å²) in [7, 11) is 0. The molecule has 1 nitrogen and oxygen atoms in total. The van der Waals surface area contributed by atoms with Crippen LogP contribution in [0.4, 0.5) is 8.78 Å². The lowest BCUT2D eigenvalue weighted by Crippen LogP contribution is -2.23. The summed E-state index contributed by atoms with van der Waals surface area (Å²) in [4.78, 5) is 0. The molecule has 2 rings (SSSR count). The Hall–Kier alpha value is -1.45. The van der Waals surface area contributed by atoms with Gasteiger partial charge in [0, 0.05) is 28.7 Å². The van der Waals surface area contributed by atoms with Gasteiger partial charge in [-0.3, -0.25) is 0 Å². The van der Waals surface area contributed by atoms with Crippen LogP contribution in [0.25, 0.3) is 0 Å². The fraction of sp³-hybridized carbons (Fsp3) is 0.250. The summed E-state index contributed by atoms with van der Waals surface area (Å²) in [5.74, 6) is -1.11. The second-order valence-corrected chi connectivity index (χ2v) is 5.27. The smallest absolute Gasteiger partial charge is 0.130 e. The highest BCUT2D eigenvalue weighted by Crippen LogP contribution is 2.23. The molecule has 0 aliphatic carbocycles. The maximum absolute atomic E-state index is 13.7. The van der Waals surface area contributed by atoms with Crippen molar-refractivity contribution in [2.45, 2.75) is 25.9 Å². The van der Waals surface area contributed by atoms with E-state index < -0.39 is 11.6 Å². The summed E-state index contributed by atoms with van der Waals surface area (Å²) in [5, 5.41) is 3.94. The van der Waals surface area contributed by atoms with E-state index in [0.717, 1.165) is 11.6 Å². The molecule has 1 unspecified atom stereocenters. The van der Waals surface area contributed by atoms with Crippen molar-refractivity contribution in [2.24, 2.45) is 0 Å². The van der Waals surface area contributed by atoms with E-state index in [0.29, 0.717) is 10.6 Å². The van der Waals surface area contributed by atoms with Crippen molar-refractivity contribution in [2.75, 3.05) is 0 Å². The molecule has 0 saturated heterocycles. The maximum atomic E-state index is 13.7. The molecule has 0 fully saturated rings. The Morgan fingerprint density at radius 2 is 1.75 bits per heavy atom. The first kappa shape index (κ1) is 14.9. The van der Waals surface area contributed by atoms with Gasteiger partial charge in [0.15, 0.2) is 0 Å². The van der Waals surface area contributed by atoms with E-state index in [1.807, 2.05) is 32.0 Å². The molecule has 0 spiro atoms. The summed E-state index contributed by atoms with van der Waals surface area (Å²) >= 11 is 5.96. The molecule has 2 atom stereocenters. The molecule has 0 radical (unpaired) electrons. The van der Waals surface area contributed by atoms with Gasteiger partial charge in [0.25, 0.3) is 0 Å². The number of benzene rings is 2. The Morgan fingerprint density at radius 3 is 2.40 bits per heavy atom. The number of hydrogen-bond donors (Lipinski definition) is 1. The predicted molar refractivity (Wildman–Crippen MR) is 77.8 cm³/mol. The van der Waals surface area contributed by atoms with Crippen molar-refractivity contribution < 1.29 is 8.78 Å². The Labute approximate surface area is 122 Å². The molecule has 0 saturated carbocycles. The molecule has 1 N–H and O–H groups in total. The average molecular weight is 296 g/mol. The molecule has 106 valence electrons. The minimum absolute atomic E-state index is 0.00755. The van der Waals surface area contributed by atoms with Gasteiger partial charge in [-0.2, -0.15) is 0 Å². The number of nitrogens with one attached hydrogen (secondary N) is 1.